The van der Waals surface area contributed by atoms with Gasteiger partial charge in [-0.1, -0.05) is 0 Å². The van der Waals surface area contributed by atoms with Crippen molar-refractivity contribution in [1.82, 2.24) is 14.8 Å². The maximum Gasteiger partial charge on any atom is 0.149 e. The van der Waals surface area contributed by atoms with Gasteiger partial charge < -0.3 is 21.3 Å². The van der Waals surface area contributed by atoms with E-state index in [2.05, 4.69) is 33.8 Å². The van der Waals surface area contributed by atoms with Gasteiger partial charge in [-0.15, -0.1) is 0 Å². The quantitative estimate of drug-likeness (QED) is 0.793. The molecule has 0 bridgehead atoms. The van der Waals surface area contributed by atoms with Crippen LogP contribution in [0.1, 0.15) is 0 Å². The van der Waals surface area contributed by atoms with Gasteiger partial charge in [0.15, 0.2) is 0 Å². The Hall–Kier alpha value is -1.53. The lowest BCUT2D eigenvalue weighted by Crippen LogP contribution is -2.48. The van der Waals surface area contributed by atoms with E-state index in [0.29, 0.717) is 11.5 Å². The number of likely N-dealkylation sites (N-methyl/N-ethyl adjacent to an activating group) is 1. The van der Waals surface area contributed by atoms with Crippen molar-refractivity contribution in [3.05, 3.63) is 12.1 Å². The fourth-order valence-electron chi connectivity index (χ4n) is 2.19. The minimum Gasteiger partial charge on any atom is -0.396 e. The highest BCUT2D eigenvalue weighted by molar-refractivity contribution is 5.62. The molecule has 0 aromatic carbocycles. The van der Waals surface area contributed by atoms with Crippen molar-refractivity contribution in [2.24, 2.45) is 0 Å². The van der Waals surface area contributed by atoms with E-state index in [1.807, 2.05) is 12.1 Å². The second kappa shape index (κ2) is 6.08. The number of hydrogen-bond donors (Lipinski definition) is 2. The summed E-state index contributed by atoms with van der Waals surface area (Å²) in [5, 5.41) is 0. The van der Waals surface area contributed by atoms with Crippen LogP contribution in [-0.4, -0.2) is 68.1 Å². The van der Waals surface area contributed by atoms with Crippen molar-refractivity contribution < 1.29 is 0 Å². The zero-order valence-electron chi connectivity index (χ0n) is 11.8. The summed E-state index contributed by atoms with van der Waals surface area (Å²) in [6.07, 6.45) is 0. The summed E-state index contributed by atoms with van der Waals surface area (Å²) in [5.41, 5.74) is 12.0. The smallest absolute Gasteiger partial charge is 0.149 e. The second-order valence-electron chi connectivity index (χ2n) is 5.28. The van der Waals surface area contributed by atoms with Gasteiger partial charge in [-0.2, -0.15) is 0 Å². The number of anilines is 3. The lowest BCUT2D eigenvalue weighted by molar-refractivity contribution is 0.229. The number of aromatic nitrogens is 1. The van der Waals surface area contributed by atoms with Crippen molar-refractivity contribution in [1.29, 1.82) is 0 Å². The highest BCUT2D eigenvalue weighted by Crippen LogP contribution is 2.19. The molecule has 1 fully saturated rings. The van der Waals surface area contributed by atoms with Gasteiger partial charge in [0.2, 0.25) is 0 Å². The normalized spacial score (nSPS) is 17.1. The lowest BCUT2D eigenvalue weighted by atomic mass is 10.3. The maximum atomic E-state index is 5.76. The summed E-state index contributed by atoms with van der Waals surface area (Å²) in [6.45, 7) is 6.35. The fraction of sp³-hybridized carbons (Fsp3) is 0.615. The molecular weight excluding hydrogens is 240 g/mol. The van der Waals surface area contributed by atoms with Crippen LogP contribution in [0.15, 0.2) is 12.1 Å². The third-order valence-electron chi connectivity index (χ3n) is 3.50. The van der Waals surface area contributed by atoms with Gasteiger partial charge in [-0.3, -0.25) is 4.90 Å². The standard InChI is InChI=1S/C13H24N6/c1-17(2)5-6-18-7-9-19(10-8-18)12-4-3-11(14)13(15)16-12/h3-4H,5-10,14H2,1-2H3,(H2,15,16). The van der Waals surface area contributed by atoms with Crippen molar-refractivity contribution in [3.8, 4) is 0 Å². The minimum atomic E-state index is 0.424. The Kier molecular flexibility index (Phi) is 4.44. The van der Waals surface area contributed by atoms with Crippen molar-refractivity contribution in [3.63, 3.8) is 0 Å². The summed E-state index contributed by atoms with van der Waals surface area (Å²) in [5.74, 6) is 1.35. The number of nitrogens with zero attached hydrogens (tertiary/aromatic N) is 4. The van der Waals surface area contributed by atoms with Crippen LogP contribution in [0.25, 0.3) is 0 Å². The second-order valence-corrected chi connectivity index (χ2v) is 5.28. The average Bonchev–Trinajstić information content (AvgIpc) is 2.40. The van der Waals surface area contributed by atoms with Crippen LogP contribution in [0.5, 0.6) is 0 Å². The van der Waals surface area contributed by atoms with Crippen molar-refractivity contribution in [2.75, 3.05) is 69.7 Å². The molecule has 4 N–H and O–H groups in total. The Balaban J connectivity index is 1.87. The molecule has 0 radical (unpaired) electrons. The predicted octanol–water partition coefficient (Wildman–Crippen LogP) is -0.0704. The van der Waals surface area contributed by atoms with Crippen LogP contribution in [0.3, 0.4) is 0 Å². The van der Waals surface area contributed by atoms with E-state index < -0.39 is 0 Å². The highest BCUT2D eigenvalue weighted by Gasteiger charge is 2.18. The van der Waals surface area contributed by atoms with Gasteiger partial charge in [0, 0.05) is 39.3 Å². The van der Waals surface area contributed by atoms with E-state index in [9.17, 15) is 0 Å². The number of rotatable bonds is 4. The summed E-state index contributed by atoms with van der Waals surface area (Å²) < 4.78 is 0. The molecule has 0 atom stereocenters. The van der Waals surface area contributed by atoms with Crippen LogP contribution in [0.2, 0.25) is 0 Å². The molecular formula is C13H24N6. The highest BCUT2D eigenvalue weighted by atomic mass is 15.3. The molecule has 106 valence electrons. The van der Waals surface area contributed by atoms with Gasteiger partial charge in [-0.25, -0.2) is 4.98 Å². The van der Waals surface area contributed by atoms with E-state index in [1.54, 1.807) is 0 Å². The first-order chi connectivity index (χ1) is 9.06. The topological polar surface area (TPSA) is 74.7 Å². The zero-order valence-corrected chi connectivity index (χ0v) is 11.8. The molecule has 2 heterocycles. The molecule has 0 spiro atoms. The summed E-state index contributed by atoms with van der Waals surface area (Å²) in [7, 11) is 4.22. The van der Waals surface area contributed by atoms with E-state index in [-0.39, 0.29) is 0 Å². The maximum absolute atomic E-state index is 5.76. The first-order valence-corrected chi connectivity index (χ1v) is 6.70. The zero-order chi connectivity index (χ0) is 13.8. The Bertz CT molecular complexity index is 412. The SMILES string of the molecule is CN(C)CCN1CCN(c2ccc(N)c(N)n2)CC1. The molecule has 1 aliphatic heterocycles. The lowest BCUT2D eigenvalue weighted by Gasteiger charge is -2.35. The molecule has 6 heteroatoms. The number of pyridine rings is 1. The third kappa shape index (κ3) is 3.71. The molecule has 19 heavy (non-hydrogen) atoms. The van der Waals surface area contributed by atoms with E-state index in [1.165, 1.54) is 0 Å². The summed E-state index contributed by atoms with van der Waals surface area (Å²) in [4.78, 5) is 11.3. The molecule has 0 amide bonds. The molecule has 6 nitrogen and oxygen atoms in total. The van der Waals surface area contributed by atoms with Crippen LogP contribution < -0.4 is 16.4 Å². The number of nitrogens with two attached hydrogens (primary N) is 2. The van der Waals surface area contributed by atoms with Gasteiger partial charge in [-0.05, 0) is 26.2 Å². The predicted molar refractivity (Wildman–Crippen MR) is 80.3 cm³/mol. The Morgan fingerprint density at radius 1 is 1.16 bits per heavy atom. The summed E-state index contributed by atoms with van der Waals surface area (Å²) >= 11 is 0. The Labute approximate surface area is 115 Å². The number of hydrogen-bond acceptors (Lipinski definition) is 6. The molecule has 1 saturated heterocycles. The molecule has 2 rings (SSSR count). The molecule has 1 aliphatic rings. The Morgan fingerprint density at radius 2 is 1.84 bits per heavy atom. The van der Waals surface area contributed by atoms with Crippen molar-refractivity contribution >= 4 is 17.3 Å². The first kappa shape index (κ1) is 13.9. The minimum absolute atomic E-state index is 0.424. The van der Waals surface area contributed by atoms with Gasteiger partial charge in [0.05, 0.1) is 5.69 Å². The van der Waals surface area contributed by atoms with Crippen LogP contribution in [0, 0.1) is 0 Å². The van der Waals surface area contributed by atoms with Crippen LogP contribution in [0.4, 0.5) is 17.3 Å². The van der Waals surface area contributed by atoms with E-state index in [0.717, 1.165) is 45.1 Å². The average molecular weight is 264 g/mol. The fourth-order valence-corrected chi connectivity index (χ4v) is 2.19. The molecule has 0 aliphatic carbocycles. The first-order valence-electron chi connectivity index (χ1n) is 6.70. The monoisotopic (exact) mass is 264 g/mol. The van der Waals surface area contributed by atoms with E-state index in [4.69, 9.17) is 11.5 Å². The molecule has 1 aromatic rings. The van der Waals surface area contributed by atoms with Crippen LogP contribution in [-0.2, 0) is 0 Å². The van der Waals surface area contributed by atoms with Gasteiger partial charge in [0.1, 0.15) is 11.6 Å². The van der Waals surface area contributed by atoms with Crippen molar-refractivity contribution in [2.45, 2.75) is 0 Å². The Morgan fingerprint density at radius 3 is 2.42 bits per heavy atom. The molecule has 1 aromatic heterocycles. The van der Waals surface area contributed by atoms with E-state index >= 15 is 0 Å². The van der Waals surface area contributed by atoms with Gasteiger partial charge >= 0.3 is 0 Å². The van der Waals surface area contributed by atoms with Crippen LogP contribution >= 0.6 is 0 Å². The van der Waals surface area contributed by atoms with Gasteiger partial charge in [0.25, 0.3) is 0 Å². The third-order valence-corrected chi connectivity index (χ3v) is 3.50. The molecule has 0 saturated carbocycles. The number of nitrogen functional groups attached to an aromatic ring is 2. The number of piperazine rings is 1. The molecule has 0 unspecified atom stereocenters. The summed E-state index contributed by atoms with van der Waals surface area (Å²) in [6, 6.07) is 3.78. The largest absolute Gasteiger partial charge is 0.396 e.